The summed E-state index contributed by atoms with van der Waals surface area (Å²) in [5.41, 5.74) is 5.24. The van der Waals surface area contributed by atoms with Gasteiger partial charge in [-0.15, -0.1) is 11.3 Å². The molecule has 6 heteroatoms. The number of hydrogen-bond donors (Lipinski definition) is 1. The Hall–Kier alpha value is -2.70. The van der Waals surface area contributed by atoms with Gasteiger partial charge in [-0.05, 0) is 48.6 Å². The first-order valence-corrected chi connectivity index (χ1v) is 11.4. The second kappa shape index (κ2) is 10.6. The lowest BCUT2D eigenvalue weighted by molar-refractivity contribution is -0.149. The maximum absolute atomic E-state index is 11.3. The number of aryl methyl sites for hydroxylation is 1. The molecule has 0 saturated carbocycles. The highest BCUT2D eigenvalue weighted by Gasteiger charge is 2.19. The quantitative estimate of drug-likeness (QED) is 0.429. The van der Waals surface area contributed by atoms with Crippen molar-refractivity contribution in [2.75, 3.05) is 6.61 Å². The zero-order valence-corrected chi connectivity index (χ0v) is 19.2. The summed E-state index contributed by atoms with van der Waals surface area (Å²) in [5.74, 6) is 0.304. The Morgan fingerprint density at radius 1 is 1.16 bits per heavy atom. The Morgan fingerprint density at radius 3 is 2.52 bits per heavy atom. The van der Waals surface area contributed by atoms with Crippen LogP contribution in [0.15, 0.2) is 47.8 Å². The van der Waals surface area contributed by atoms with Gasteiger partial charge in [-0.3, -0.25) is 0 Å². The monoisotopic (exact) mass is 439 g/mol. The van der Waals surface area contributed by atoms with E-state index in [0.717, 1.165) is 33.1 Å². The van der Waals surface area contributed by atoms with Gasteiger partial charge >= 0.3 is 5.97 Å². The van der Waals surface area contributed by atoms with E-state index in [4.69, 9.17) is 14.5 Å². The van der Waals surface area contributed by atoms with Crippen molar-refractivity contribution < 1.29 is 19.4 Å². The van der Waals surface area contributed by atoms with Crippen LogP contribution in [0.2, 0.25) is 0 Å². The molecule has 164 valence electrons. The second-order valence-corrected chi connectivity index (χ2v) is 8.64. The summed E-state index contributed by atoms with van der Waals surface area (Å²) in [7, 11) is 0. The Kier molecular flexibility index (Phi) is 7.82. The Balaban J connectivity index is 1.61. The lowest BCUT2D eigenvalue weighted by atomic mass is 10.0. The van der Waals surface area contributed by atoms with Crippen LogP contribution in [0.3, 0.4) is 0 Å². The van der Waals surface area contributed by atoms with Gasteiger partial charge in [-0.25, -0.2) is 9.78 Å². The van der Waals surface area contributed by atoms with Crippen molar-refractivity contribution in [2.45, 2.75) is 52.7 Å². The highest BCUT2D eigenvalue weighted by atomic mass is 32.1. The highest BCUT2D eigenvalue weighted by Crippen LogP contribution is 2.27. The molecular formula is C25H29NO4S. The average Bonchev–Trinajstić information content (AvgIpc) is 3.22. The SMILES string of the molecule is CCOC(Cc1ccc(OCc2csc(-c3ccc(C(C)C)cc3)n2)cc1C)C(=O)O. The number of nitrogens with zero attached hydrogens (tertiary/aromatic N) is 1. The van der Waals surface area contributed by atoms with Crippen molar-refractivity contribution in [3.63, 3.8) is 0 Å². The van der Waals surface area contributed by atoms with Crippen LogP contribution in [0.5, 0.6) is 5.75 Å². The highest BCUT2D eigenvalue weighted by molar-refractivity contribution is 7.13. The lowest BCUT2D eigenvalue weighted by Gasteiger charge is -2.15. The molecule has 0 aliphatic rings. The molecule has 0 aliphatic carbocycles. The van der Waals surface area contributed by atoms with E-state index in [1.165, 1.54) is 5.56 Å². The van der Waals surface area contributed by atoms with E-state index in [1.54, 1.807) is 18.3 Å². The third kappa shape index (κ3) is 6.15. The van der Waals surface area contributed by atoms with Gasteiger partial charge in [0.05, 0.1) is 5.69 Å². The number of benzene rings is 2. The predicted molar refractivity (Wildman–Crippen MR) is 124 cm³/mol. The first-order chi connectivity index (χ1) is 14.9. The van der Waals surface area contributed by atoms with E-state index in [0.29, 0.717) is 25.6 Å². The summed E-state index contributed by atoms with van der Waals surface area (Å²) >= 11 is 1.61. The largest absolute Gasteiger partial charge is 0.487 e. The van der Waals surface area contributed by atoms with Crippen molar-refractivity contribution in [1.82, 2.24) is 4.98 Å². The maximum atomic E-state index is 11.3. The molecule has 0 saturated heterocycles. The Bertz CT molecular complexity index is 1010. The summed E-state index contributed by atoms with van der Waals surface area (Å²) in [6.45, 7) is 8.88. The molecule has 1 unspecified atom stereocenters. The van der Waals surface area contributed by atoms with Crippen LogP contribution < -0.4 is 4.74 Å². The first kappa shape index (κ1) is 23.0. The number of ether oxygens (including phenoxy) is 2. The summed E-state index contributed by atoms with van der Waals surface area (Å²) in [5, 5.41) is 12.3. The molecule has 1 atom stereocenters. The molecule has 1 heterocycles. The third-order valence-corrected chi connectivity index (χ3v) is 6.07. The van der Waals surface area contributed by atoms with Crippen LogP contribution in [0.25, 0.3) is 10.6 Å². The standard InChI is InChI=1S/C25H29NO4S/c1-5-29-23(25(27)28)13-20-10-11-22(12-17(20)4)30-14-21-15-31-24(26-21)19-8-6-18(7-9-19)16(2)3/h6-12,15-16,23H,5,13-14H2,1-4H3,(H,27,28). The van der Waals surface area contributed by atoms with Gasteiger partial charge in [0.15, 0.2) is 6.10 Å². The third-order valence-electron chi connectivity index (χ3n) is 5.13. The number of hydrogen-bond acceptors (Lipinski definition) is 5. The Labute approximate surface area is 187 Å². The van der Waals surface area contributed by atoms with Gasteiger partial charge < -0.3 is 14.6 Å². The molecule has 1 aromatic heterocycles. The summed E-state index contributed by atoms with van der Waals surface area (Å²) in [6, 6.07) is 14.2. The van der Waals surface area contributed by atoms with Crippen LogP contribution in [0.4, 0.5) is 0 Å². The predicted octanol–water partition coefficient (Wildman–Crippen LogP) is 5.85. The van der Waals surface area contributed by atoms with E-state index in [-0.39, 0.29) is 0 Å². The topological polar surface area (TPSA) is 68.7 Å². The molecule has 3 aromatic rings. The van der Waals surface area contributed by atoms with Gasteiger partial charge in [-0.2, -0.15) is 0 Å². The summed E-state index contributed by atoms with van der Waals surface area (Å²) < 4.78 is 11.2. The number of carboxylic acid groups (broad SMARTS) is 1. The second-order valence-electron chi connectivity index (χ2n) is 7.78. The molecule has 0 fully saturated rings. The molecule has 3 rings (SSSR count). The van der Waals surface area contributed by atoms with Crippen LogP contribution in [-0.2, 0) is 22.6 Å². The van der Waals surface area contributed by atoms with E-state index in [2.05, 4.69) is 38.1 Å². The van der Waals surface area contributed by atoms with Crippen molar-refractivity contribution in [3.05, 3.63) is 70.2 Å². The molecule has 2 aromatic carbocycles. The zero-order chi connectivity index (χ0) is 22.4. The zero-order valence-electron chi connectivity index (χ0n) is 18.4. The molecule has 0 amide bonds. The smallest absolute Gasteiger partial charge is 0.333 e. The van der Waals surface area contributed by atoms with Crippen LogP contribution in [0.1, 0.15) is 49.1 Å². The molecule has 1 N–H and O–H groups in total. The van der Waals surface area contributed by atoms with Gasteiger partial charge in [-0.1, -0.05) is 44.2 Å². The molecule has 5 nitrogen and oxygen atoms in total. The first-order valence-electron chi connectivity index (χ1n) is 10.5. The fourth-order valence-corrected chi connectivity index (χ4v) is 4.09. The summed E-state index contributed by atoms with van der Waals surface area (Å²) in [4.78, 5) is 16.0. The number of aliphatic carboxylic acids is 1. The minimum atomic E-state index is -0.945. The van der Waals surface area contributed by atoms with Crippen molar-refractivity contribution in [2.24, 2.45) is 0 Å². The van der Waals surface area contributed by atoms with Gasteiger partial charge in [0.1, 0.15) is 17.4 Å². The normalized spacial score (nSPS) is 12.2. The maximum Gasteiger partial charge on any atom is 0.333 e. The van der Waals surface area contributed by atoms with Crippen LogP contribution >= 0.6 is 11.3 Å². The molecule has 0 aliphatic heterocycles. The van der Waals surface area contributed by atoms with Crippen LogP contribution in [0, 0.1) is 6.92 Å². The fourth-order valence-electron chi connectivity index (χ4n) is 3.28. The van der Waals surface area contributed by atoms with Crippen molar-refractivity contribution in [1.29, 1.82) is 0 Å². The number of rotatable bonds is 10. The van der Waals surface area contributed by atoms with Crippen molar-refractivity contribution in [3.8, 4) is 16.3 Å². The molecular weight excluding hydrogens is 410 g/mol. The van der Waals surface area contributed by atoms with Crippen LogP contribution in [-0.4, -0.2) is 28.8 Å². The number of aromatic nitrogens is 1. The number of carbonyl (C=O) groups is 1. The van der Waals surface area contributed by atoms with Gasteiger partial charge in [0.25, 0.3) is 0 Å². The van der Waals surface area contributed by atoms with E-state index < -0.39 is 12.1 Å². The number of carboxylic acids is 1. The van der Waals surface area contributed by atoms with E-state index in [1.807, 2.05) is 30.5 Å². The molecule has 0 bridgehead atoms. The van der Waals surface area contributed by atoms with Gasteiger partial charge in [0.2, 0.25) is 0 Å². The molecule has 0 radical (unpaired) electrons. The Morgan fingerprint density at radius 2 is 1.90 bits per heavy atom. The average molecular weight is 440 g/mol. The van der Waals surface area contributed by atoms with E-state index in [9.17, 15) is 9.90 Å². The molecule has 31 heavy (non-hydrogen) atoms. The van der Waals surface area contributed by atoms with E-state index >= 15 is 0 Å². The minimum Gasteiger partial charge on any atom is -0.487 e. The number of thiazole rings is 1. The van der Waals surface area contributed by atoms with Gasteiger partial charge in [0, 0.05) is 24.0 Å². The summed E-state index contributed by atoms with van der Waals surface area (Å²) in [6.07, 6.45) is -0.501. The van der Waals surface area contributed by atoms with Crippen molar-refractivity contribution >= 4 is 17.3 Å². The lowest BCUT2D eigenvalue weighted by Crippen LogP contribution is -2.26. The minimum absolute atomic E-state index is 0.334. The fraction of sp³-hybridized carbons (Fsp3) is 0.360. The molecule has 0 spiro atoms.